The van der Waals surface area contributed by atoms with Crippen molar-refractivity contribution in [2.75, 3.05) is 13.1 Å². The number of phenols is 6. The number of carbonyl (C=O) groups excluding carboxylic acids is 2. The third kappa shape index (κ3) is 6.44. The molecule has 2 amide bonds. The molecule has 5 aromatic rings. The lowest BCUT2D eigenvalue weighted by Gasteiger charge is -2.19. The molecule has 0 aliphatic heterocycles. The average Bonchev–Trinajstić information content (AvgIpc) is 3.00. The minimum absolute atomic E-state index is 0.0157. The van der Waals surface area contributed by atoms with E-state index in [0.29, 0.717) is 23.6 Å². The third-order valence-electron chi connectivity index (χ3n) is 7.24. The van der Waals surface area contributed by atoms with Crippen LogP contribution in [0.2, 0.25) is 0 Å². The minimum atomic E-state index is -0.607. The number of phenolic OH excluding ortho intramolecular Hbond substituents is 6. The van der Waals surface area contributed by atoms with Gasteiger partial charge in [-0.25, -0.2) is 0 Å². The van der Waals surface area contributed by atoms with Crippen LogP contribution in [-0.2, 0) is 12.8 Å². The van der Waals surface area contributed by atoms with Crippen LogP contribution in [0.4, 0.5) is 0 Å². The maximum absolute atomic E-state index is 13.9. The largest absolute Gasteiger partial charge is 0.508 e. The Morgan fingerprint density at radius 2 is 1.07 bits per heavy atom. The molecule has 10 nitrogen and oxygen atoms in total. The molecule has 0 saturated heterocycles. The van der Waals surface area contributed by atoms with Crippen molar-refractivity contribution in [1.29, 1.82) is 0 Å². The van der Waals surface area contributed by atoms with Crippen molar-refractivity contribution in [3.8, 4) is 45.6 Å². The van der Waals surface area contributed by atoms with E-state index in [1.807, 2.05) is 0 Å². The van der Waals surface area contributed by atoms with E-state index in [9.17, 15) is 40.2 Å². The standard InChI is InChI=1S/C34H30N2O8/c37-23-6-1-19(2-7-23)11-13-35-33(43)26-15-22-17-29(41)30(42)18-25(22)31(21-5-10-27(39)28(40)16-21)32(26)34(44)36-14-12-20-3-8-24(38)9-4-20/h1-10,15-18,37-42H,11-14H2,(H,35,43)(H,36,44). The van der Waals surface area contributed by atoms with Crippen molar-refractivity contribution in [3.63, 3.8) is 0 Å². The fourth-order valence-electron chi connectivity index (χ4n) is 4.97. The summed E-state index contributed by atoms with van der Waals surface area (Å²) in [5.41, 5.74) is 2.14. The van der Waals surface area contributed by atoms with E-state index in [4.69, 9.17) is 0 Å². The highest BCUT2D eigenvalue weighted by Gasteiger charge is 2.26. The van der Waals surface area contributed by atoms with Gasteiger partial charge in [-0.05, 0) is 94.9 Å². The van der Waals surface area contributed by atoms with Crippen LogP contribution in [0, 0.1) is 0 Å². The second kappa shape index (κ2) is 12.5. The molecular weight excluding hydrogens is 564 g/mol. The van der Waals surface area contributed by atoms with Crippen LogP contribution in [0.25, 0.3) is 21.9 Å². The van der Waals surface area contributed by atoms with E-state index in [1.54, 1.807) is 48.5 Å². The molecular formula is C34H30N2O8. The molecule has 0 unspecified atom stereocenters. The summed E-state index contributed by atoms with van der Waals surface area (Å²) in [5, 5.41) is 66.3. The Morgan fingerprint density at radius 3 is 1.64 bits per heavy atom. The average molecular weight is 595 g/mol. The first-order chi connectivity index (χ1) is 21.1. The van der Waals surface area contributed by atoms with Gasteiger partial charge in [0, 0.05) is 18.7 Å². The first-order valence-corrected chi connectivity index (χ1v) is 13.8. The number of hydrogen-bond donors (Lipinski definition) is 8. The summed E-state index contributed by atoms with van der Waals surface area (Å²) in [6, 6.07) is 21.0. The fraction of sp³-hybridized carbons (Fsp3) is 0.118. The minimum Gasteiger partial charge on any atom is -0.508 e. The molecule has 0 bridgehead atoms. The van der Waals surface area contributed by atoms with E-state index in [2.05, 4.69) is 10.6 Å². The summed E-state index contributed by atoms with van der Waals surface area (Å²) in [6.45, 7) is 0.393. The molecule has 10 heteroatoms. The quantitative estimate of drug-likeness (QED) is 0.113. The molecule has 0 spiro atoms. The van der Waals surface area contributed by atoms with Crippen LogP contribution in [0.5, 0.6) is 34.5 Å². The van der Waals surface area contributed by atoms with Gasteiger partial charge in [0.25, 0.3) is 11.8 Å². The predicted molar refractivity (Wildman–Crippen MR) is 164 cm³/mol. The SMILES string of the molecule is O=C(NCCc1ccc(O)cc1)c1cc2cc(O)c(O)cc2c(-c2ccc(O)c(O)c2)c1C(=O)NCCc1ccc(O)cc1. The molecule has 0 aliphatic carbocycles. The van der Waals surface area contributed by atoms with Crippen LogP contribution in [0.3, 0.4) is 0 Å². The molecule has 0 aromatic heterocycles. The second-order valence-electron chi connectivity index (χ2n) is 10.3. The number of rotatable bonds is 9. The van der Waals surface area contributed by atoms with Crippen LogP contribution >= 0.6 is 0 Å². The van der Waals surface area contributed by atoms with Crippen molar-refractivity contribution in [3.05, 3.63) is 107 Å². The highest BCUT2D eigenvalue weighted by molar-refractivity contribution is 6.18. The van der Waals surface area contributed by atoms with Crippen LogP contribution in [0.1, 0.15) is 31.8 Å². The van der Waals surface area contributed by atoms with Crippen molar-refractivity contribution in [2.45, 2.75) is 12.8 Å². The lowest BCUT2D eigenvalue weighted by molar-refractivity contribution is 0.0920. The molecule has 0 aliphatic rings. The Hall–Kier alpha value is -5.90. The summed E-state index contributed by atoms with van der Waals surface area (Å²) < 4.78 is 0. The lowest BCUT2D eigenvalue weighted by atomic mass is 9.88. The van der Waals surface area contributed by atoms with Gasteiger partial charge in [0.2, 0.25) is 0 Å². The van der Waals surface area contributed by atoms with Gasteiger partial charge in [-0.2, -0.15) is 0 Å². The molecule has 0 saturated carbocycles. The predicted octanol–water partition coefficient (Wildman–Crippen LogP) is 4.69. The summed E-state index contributed by atoms with van der Waals surface area (Å²) in [6.07, 6.45) is 0.874. The van der Waals surface area contributed by atoms with Gasteiger partial charge in [-0.3, -0.25) is 9.59 Å². The Kier molecular flexibility index (Phi) is 8.43. The second-order valence-corrected chi connectivity index (χ2v) is 10.3. The topological polar surface area (TPSA) is 180 Å². The molecule has 0 radical (unpaired) electrons. The normalized spacial score (nSPS) is 10.9. The summed E-state index contributed by atoms with van der Waals surface area (Å²) in [5.74, 6) is -2.67. The lowest BCUT2D eigenvalue weighted by Crippen LogP contribution is -2.32. The van der Waals surface area contributed by atoms with Gasteiger partial charge in [0.1, 0.15) is 11.5 Å². The number of hydrogen-bond acceptors (Lipinski definition) is 8. The van der Waals surface area contributed by atoms with E-state index in [1.165, 1.54) is 36.4 Å². The first-order valence-electron chi connectivity index (χ1n) is 13.8. The van der Waals surface area contributed by atoms with E-state index in [0.717, 1.165) is 11.1 Å². The Balaban J connectivity index is 1.57. The zero-order valence-electron chi connectivity index (χ0n) is 23.4. The zero-order valence-corrected chi connectivity index (χ0v) is 23.4. The fourth-order valence-corrected chi connectivity index (χ4v) is 4.97. The smallest absolute Gasteiger partial charge is 0.252 e. The number of carbonyl (C=O) groups is 2. The third-order valence-corrected chi connectivity index (χ3v) is 7.24. The van der Waals surface area contributed by atoms with Gasteiger partial charge < -0.3 is 41.3 Å². The van der Waals surface area contributed by atoms with Crippen molar-refractivity contribution >= 4 is 22.6 Å². The number of amides is 2. The molecule has 5 aromatic carbocycles. The van der Waals surface area contributed by atoms with Crippen LogP contribution < -0.4 is 10.6 Å². The van der Waals surface area contributed by atoms with Gasteiger partial charge in [-0.15, -0.1) is 0 Å². The zero-order chi connectivity index (χ0) is 31.4. The van der Waals surface area contributed by atoms with Gasteiger partial charge in [-0.1, -0.05) is 30.3 Å². The Bertz CT molecular complexity index is 1850. The van der Waals surface area contributed by atoms with Crippen molar-refractivity contribution < 1.29 is 40.2 Å². The van der Waals surface area contributed by atoms with E-state index < -0.39 is 29.1 Å². The molecule has 5 rings (SSSR count). The van der Waals surface area contributed by atoms with E-state index >= 15 is 0 Å². The highest BCUT2D eigenvalue weighted by Crippen LogP contribution is 2.41. The summed E-state index contributed by atoms with van der Waals surface area (Å²) >= 11 is 0. The van der Waals surface area contributed by atoms with Crippen LogP contribution in [-0.4, -0.2) is 55.5 Å². The number of benzene rings is 5. The summed E-state index contributed by atoms with van der Waals surface area (Å²) in [7, 11) is 0. The van der Waals surface area contributed by atoms with Gasteiger partial charge >= 0.3 is 0 Å². The maximum Gasteiger partial charge on any atom is 0.252 e. The molecule has 44 heavy (non-hydrogen) atoms. The molecule has 0 heterocycles. The van der Waals surface area contributed by atoms with Gasteiger partial charge in [0.15, 0.2) is 23.0 Å². The monoisotopic (exact) mass is 594 g/mol. The maximum atomic E-state index is 13.9. The van der Waals surface area contributed by atoms with Gasteiger partial charge in [0.05, 0.1) is 11.1 Å². The Labute approximate surface area is 252 Å². The summed E-state index contributed by atoms with van der Waals surface area (Å²) in [4.78, 5) is 27.6. The number of fused-ring (bicyclic) bond motifs is 1. The highest BCUT2D eigenvalue weighted by atomic mass is 16.3. The number of aromatic hydroxyl groups is 6. The molecule has 8 N–H and O–H groups in total. The molecule has 0 atom stereocenters. The molecule has 0 fully saturated rings. The van der Waals surface area contributed by atoms with E-state index in [-0.39, 0.29) is 52.6 Å². The number of nitrogens with one attached hydrogen (secondary N) is 2. The van der Waals surface area contributed by atoms with Crippen molar-refractivity contribution in [1.82, 2.24) is 10.6 Å². The Morgan fingerprint density at radius 1 is 0.545 bits per heavy atom. The van der Waals surface area contributed by atoms with Crippen molar-refractivity contribution in [2.24, 2.45) is 0 Å². The van der Waals surface area contributed by atoms with Crippen LogP contribution in [0.15, 0.2) is 84.9 Å². The molecule has 224 valence electrons. The first kappa shape index (κ1) is 29.6.